The molecule has 1 aromatic carbocycles. The summed E-state index contributed by atoms with van der Waals surface area (Å²) in [7, 11) is 3.14. The Morgan fingerprint density at radius 3 is 2.73 bits per heavy atom. The predicted octanol–water partition coefficient (Wildman–Crippen LogP) is 2.53. The van der Waals surface area contributed by atoms with Crippen molar-refractivity contribution in [2.75, 3.05) is 19.5 Å². The van der Waals surface area contributed by atoms with Crippen LogP contribution in [0.3, 0.4) is 0 Å². The quantitative estimate of drug-likeness (QED) is 0.648. The van der Waals surface area contributed by atoms with Gasteiger partial charge in [0.1, 0.15) is 5.69 Å². The second-order valence-electron chi connectivity index (χ2n) is 5.13. The Hall–Kier alpha value is -3.14. The molecule has 0 bridgehead atoms. The molecule has 2 aromatic heterocycles. The minimum Gasteiger partial charge on any atom is -0.493 e. The molecule has 0 saturated heterocycles. The molecule has 0 atom stereocenters. The van der Waals surface area contributed by atoms with Crippen molar-refractivity contribution in [1.29, 1.82) is 0 Å². The number of aromatic nitrogens is 3. The fourth-order valence-corrected chi connectivity index (χ4v) is 2.84. The summed E-state index contributed by atoms with van der Waals surface area (Å²) in [5, 5.41) is 15.6. The Morgan fingerprint density at radius 1 is 1.23 bits per heavy atom. The molecule has 2 N–H and O–H groups in total. The molecule has 1 amide bonds. The van der Waals surface area contributed by atoms with Crippen molar-refractivity contribution in [3.8, 4) is 11.5 Å². The Morgan fingerprint density at radius 2 is 2.04 bits per heavy atom. The van der Waals surface area contributed by atoms with E-state index < -0.39 is 0 Å². The van der Waals surface area contributed by atoms with Crippen molar-refractivity contribution in [3.63, 3.8) is 0 Å². The van der Waals surface area contributed by atoms with Gasteiger partial charge in [-0.25, -0.2) is 4.98 Å². The summed E-state index contributed by atoms with van der Waals surface area (Å²) < 4.78 is 15.7. The Balaban J connectivity index is 1.63. The molecule has 0 saturated carbocycles. The van der Waals surface area contributed by atoms with Crippen molar-refractivity contribution in [2.45, 2.75) is 13.5 Å². The first-order valence-corrected chi connectivity index (χ1v) is 8.48. The van der Waals surface area contributed by atoms with Crippen LogP contribution in [-0.2, 0) is 6.54 Å². The zero-order valence-electron chi connectivity index (χ0n) is 14.4. The van der Waals surface area contributed by atoms with Crippen LogP contribution in [0.2, 0.25) is 0 Å². The maximum Gasteiger partial charge on any atom is 0.271 e. The number of ether oxygens (including phenoxy) is 2. The van der Waals surface area contributed by atoms with E-state index in [0.717, 1.165) is 5.69 Å². The molecule has 10 heteroatoms. The van der Waals surface area contributed by atoms with Gasteiger partial charge in [0.25, 0.3) is 5.91 Å². The normalized spacial score (nSPS) is 10.4. The number of amides is 1. The lowest BCUT2D eigenvalue weighted by molar-refractivity contribution is 0.0943. The molecule has 0 aliphatic rings. The topological polar surface area (TPSA) is 111 Å². The van der Waals surface area contributed by atoms with Crippen molar-refractivity contribution in [2.24, 2.45) is 0 Å². The predicted molar refractivity (Wildman–Crippen MR) is 95.1 cm³/mol. The average molecular weight is 375 g/mol. The number of carbonyl (C=O) groups excluding carboxylic acids is 1. The lowest BCUT2D eigenvalue weighted by atomic mass is 10.3. The lowest BCUT2D eigenvalue weighted by Crippen LogP contribution is -2.23. The first-order chi connectivity index (χ1) is 12.6. The first kappa shape index (κ1) is 17.7. The Labute approximate surface area is 153 Å². The first-order valence-electron chi connectivity index (χ1n) is 7.61. The van der Waals surface area contributed by atoms with E-state index in [1.807, 2.05) is 6.07 Å². The molecule has 136 valence electrons. The number of nitrogens with one attached hydrogen (secondary N) is 2. The maximum atomic E-state index is 12.2. The third kappa shape index (κ3) is 4.09. The average Bonchev–Trinajstić information content (AvgIpc) is 3.28. The molecule has 3 aromatic rings. The highest BCUT2D eigenvalue weighted by atomic mass is 32.1. The van der Waals surface area contributed by atoms with Crippen LogP contribution in [0.1, 0.15) is 22.3 Å². The molecule has 26 heavy (non-hydrogen) atoms. The minimum absolute atomic E-state index is 0.148. The van der Waals surface area contributed by atoms with E-state index in [-0.39, 0.29) is 12.5 Å². The number of anilines is 2. The molecule has 9 nitrogen and oxygen atoms in total. The molecular formula is C16H17N5O4S. The molecule has 0 radical (unpaired) electrons. The molecular weight excluding hydrogens is 358 g/mol. The number of nitrogens with zero attached hydrogens (tertiary/aromatic N) is 3. The van der Waals surface area contributed by atoms with E-state index in [9.17, 15) is 4.79 Å². The molecule has 0 aliphatic carbocycles. The second-order valence-corrected chi connectivity index (χ2v) is 5.99. The molecule has 2 heterocycles. The van der Waals surface area contributed by atoms with Crippen LogP contribution in [0.4, 0.5) is 10.8 Å². The molecule has 0 fully saturated rings. The zero-order valence-corrected chi connectivity index (χ0v) is 15.2. The van der Waals surface area contributed by atoms with Crippen LogP contribution in [0, 0.1) is 6.92 Å². The van der Waals surface area contributed by atoms with Crippen molar-refractivity contribution in [1.82, 2.24) is 20.5 Å². The van der Waals surface area contributed by atoms with Crippen LogP contribution >= 0.6 is 11.3 Å². The number of methoxy groups -OCH3 is 2. The minimum atomic E-state index is -0.322. The maximum absolute atomic E-state index is 12.2. The molecule has 0 spiro atoms. The summed E-state index contributed by atoms with van der Waals surface area (Å²) >= 11 is 1.32. The summed E-state index contributed by atoms with van der Waals surface area (Å²) in [6.45, 7) is 1.83. The molecule has 0 aliphatic heterocycles. The van der Waals surface area contributed by atoms with E-state index in [2.05, 4.69) is 25.8 Å². The third-order valence-electron chi connectivity index (χ3n) is 3.34. The Kier molecular flexibility index (Phi) is 5.32. The summed E-state index contributed by atoms with van der Waals surface area (Å²) in [6.07, 6.45) is 0. The van der Waals surface area contributed by atoms with Gasteiger partial charge in [-0.05, 0) is 12.1 Å². The number of aryl methyl sites for hydroxylation is 1. The van der Waals surface area contributed by atoms with E-state index >= 15 is 0 Å². The monoisotopic (exact) mass is 375 g/mol. The van der Waals surface area contributed by atoms with Crippen molar-refractivity contribution in [3.05, 3.63) is 41.1 Å². The van der Waals surface area contributed by atoms with E-state index in [1.54, 1.807) is 38.7 Å². The van der Waals surface area contributed by atoms with Gasteiger partial charge in [-0.1, -0.05) is 0 Å². The highest BCUT2D eigenvalue weighted by molar-refractivity contribution is 7.14. The van der Waals surface area contributed by atoms with Gasteiger partial charge in [-0.15, -0.1) is 21.5 Å². The SMILES string of the molecule is COc1ccc(Nc2nc(C(=O)NCc3nnc(C)o3)cs2)cc1OC. The molecule has 3 rings (SSSR count). The summed E-state index contributed by atoms with van der Waals surface area (Å²) in [5.41, 5.74) is 1.07. The number of benzene rings is 1. The molecule has 0 unspecified atom stereocenters. The van der Waals surface area contributed by atoms with Gasteiger partial charge in [0.05, 0.1) is 20.8 Å². The van der Waals surface area contributed by atoms with Gasteiger partial charge < -0.3 is 24.5 Å². The fraction of sp³-hybridized carbons (Fsp3) is 0.250. The number of hydrogen-bond donors (Lipinski definition) is 2. The third-order valence-corrected chi connectivity index (χ3v) is 4.10. The summed E-state index contributed by atoms with van der Waals surface area (Å²) in [5.74, 6) is 1.70. The van der Waals surface area contributed by atoms with E-state index in [4.69, 9.17) is 13.9 Å². The van der Waals surface area contributed by atoms with Crippen LogP contribution < -0.4 is 20.1 Å². The van der Waals surface area contributed by atoms with Crippen LogP contribution in [0.25, 0.3) is 0 Å². The Bertz CT molecular complexity index is 908. The van der Waals surface area contributed by atoms with Crippen LogP contribution in [-0.4, -0.2) is 35.3 Å². The highest BCUT2D eigenvalue weighted by Gasteiger charge is 2.13. The summed E-state index contributed by atoms with van der Waals surface area (Å²) in [6, 6.07) is 5.41. The standard InChI is InChI=1S/C16H17N5O4S/c1-9-20-21-14(25-9)7-17-15(22)11-8-26-16(19-11)18-10-4-5-12(23-2)13(6-10)24-3/h4-6,8H,7H2,1-3H3,(H,17,22)(H,18,19). The van der Waals surface area contributed by atoms with Crippen molar-refractivity contribution < 1.29 is 18.7 Å². The van der Waals surface area contributed by atoms with E-state index in [0.29, 0.717) is 34.1 Å². The number of carbonyl (C=O) groups is 1. The van der Waals surface area contributed by atoms with Gasteiger partial charge in [0.15, 0.2) is 16.6 Å². The van der Waals surface area contributed by atoms with Crippen molar-refractivity contribution >= 4 is 28.1 Å². The van der Waals surface area contributed by atoms with Crippen LogP contribution in [0.5, 0.6) is 11.5 Å². The smallest absolute Gasteiger partial charge is 0.271 e. The number of hydrogen-bond acceptors (Lipinski definition) is 9. The second kappa shape index (κ2) is 7.83. The van der Waals surface area contributed by atoms with Gasteiger partial charge in [-0.2, -0.15) is 0 Å². The van der Waals surface area contributed by atoms with Gasteiger partial charge >= 0.3 is 0 Å². The highest BCUT2D eigenvalue weighted by Crippen LogP contribution is 2.31. The zero-order chi connectivity index (χ0) is 18.5. The van der Waals surface area contributed by atoms with Crippen LogP contribution in [0.15, 0.2) is 28.0 Å². The number of rotatable bonds is 7. The fourth-order valence-electron chi connectivity index (χ4n) is 2.13. The number of thiazole rings is 1. The lowest BCUT2D eigenvalue weighted by Gasteiger charge is -2.09. The van der Waals surface area contributed by atoms with E-state index in [1.165, 1.54) is 11.3 Å². The largest absolute Gasteiger partial charge is 0.493 e. The van der Waals surface area contributed by atoms with Gasteiger partial charge in [0, 0.05) is 24.1 Å². The van der Waals surface area contributed by atoms with Gasteiger partial charge in [-0.3, -0.25) is 4.79 Å². The van der Waals surface area contributed by atoms with Gasteiger partial charge in [0.2, 0.25) is 11.8 Å². The summed E-state index contributed by atoms with van der Waals surface area (Å²) in [4.78, 5) is 16.4.